The van der Waals surface area contributed by atoms with Crippen molar-refractivity contribution in [1.29, 1.82) is 0 Å². The maximum absolute atomic E-state index is 13.0. The molecule has 1 N–H and O–H groups in total. The molecular weight excluding hydrogens is 412 g/mol. The smallest absolute Gasteiger partial charge is 0.228 e. The summed E-state index contributed by atoms with van der Waals surface area (Å²) in [7, 11) is 4.23. The van der Waals surface area contributed by atoms with E-state index in [9.17, 15) is 4.79 Å². The molecule has 0 saturated carbocycles. The molecule has 174 valence electrons. The quantitative estimate of drug-likeness (QED) is 0.662. The van der Waals surface area contributed by atoms with Gasteiger partial charge in [-0.3, -0.25) is 4.79 Å². The van der Waals surface area contributed by atoms with E-state index >= 15 is 0 Å². The van der Waals surface area contributed by atoms with E-state index in [0.717, 1.165) is 53.8 Å². The van der Waals surface area contributed by atoms with Gasteiger partial charge in [-0.05, 0) is 83.4 Å². The van der Waals surface area contributed by atoms with E-state index in [0.29, 0.717) is 11.9 Å². The molecule has 7 heteroatoms. The van der Waals surface area contributed by atoms with Crippen molar-refractivity contribution in [2.24, 2.45) is 13.0 Å². The first-order valence-electron chi connectivity index (χ1n) is 12.1. The van der Waals surface area contributed by atoms with Crippen molar-refractivity contribution in [3.05, 3.63) is 42.5 Å². The van der Waals surface area contributed by atoms with Gasteiger partial charge in [-0.15, -0.1) is 0 Å². The first-order chi connectivity index (χ1) is 16.0. The highest BCUT2D eigenvalue weighted by molar-refractivity contribution is 5.95. The molecule has 33 heavy (non-hydrogen) atoms. The number of hydrogen-bond donors (Lipinski definition) is 1. The number of fused-ring (bicyclic) bond motifs is 1. The Morgan fingerprint density at radius 2 is 1.70 bits per heavy atom. The summed E-state index contributed by atoms with van der Waals surface area (Å²) in [6, 6.07) is 8.97. The molecule has 4 heterocycles. The Balaban J connectivity index is 1.23. The maximum Gasteiger partial charge on any atom is 0.228 e. The first-order valence-corrected chi connectivity index (χ1v) is 12.1. The van der Waals surface area contributed by atoms with Crippen LogP contribution in [0.4, 0.5) is 5.82 Å². The lowest BCUT2D eigenvalue weighted by Gasteiger charge is -2.40. The van der Waals surface area contributed by atoms with Crippen LogP contribution in [0.3, 0.4) is 0 Å². The molecule has 0 bridgehead atoms. The minimum absolute atomic E-state index is 0.0637. The van der Waals surface area contributed by atoms with Crippen LogP contribution in [0.1, 0.15) is 31.5 Å². The number of pyridine rings is 1. The normalized spacial score (nSPS) is 19.2. The van der Waals surface area contributed by atoms with E-state index < -0.39 is 0 Å². The topological polar surface area (TPSA) is 66.3 Å². The van der Waals surface area contributed by atoms with Crippen LogP contribution in [0.15, 0.2) is 36.7 Å². The molecule has 0 spiro atoms. The van der Waals surface area contributed by atoms with Crippen LogP contribution in [0, 0.1) is 12.8 Å². The van der Waals surface area contributed by atoms with Gasteiger partial charge >= 0.3 is 0 Å². The molecule has 5 rings (SSSR count). The number of carbonyl (C=O) groups is 1. The Morgan fingerprint density at radius 3 is 2.39 bits per heavy atom. The highest BCUT2D eigenvalue weighted by Crippen LogP contribution is 2.27. The van der Waals surface area contributed by atoms with Gasteiger partial charge in [-0.1, -0.05) is 12.1 Å². The summed E-state index contributed by atoms with van der Waals surface area (Å²) in [6.07, 6.45) is 8.08. The van der Waals surface area contributed by atoms with Crippen molar-refractivity contribution < 1.29 is 4.79 Å². The van der Waals surface area contributed by atoms with Crippen LogP contribution < -0.4 is 5.32 Å². The number of aromatic nitrogens is 3. The number of nitrogens with zero attached hydrogens (tertiary/aromatic N) is 5. The van der Waals surface area contributed by atoms with Gasteiger partial charge in [0.2, 0.25) is 5.91 Å². The summed E-state index contributed by atoms with van der Waals surface area (Å²) in [4.78, 5) is 26.9. The fourth-order valence-electron chi connectivity index (χ4n) is 5.25. The number of rotatable bonds is 4. The van der Waals surface area contributed by atoms with Gasteiger partial charge in [0.15, 0.2) is 0 Å². The van der Waals surface area contributed by atoms with E-state index in [1.165, 1.54) is 25.9 Å². The fraction of sp³-hybridized carbons (Fsp3) is 0.500. The molecule has 2 aromatic heterocycles. The van der Waals surface area contributed by atoms with E-state index in [4.69, 9.17) is 0 Å². The third kappa shape index (κ3) is 4.66. The molecule has 1 aromatic carbocycles. The second-order valence-electron chi connectivity index (χ2n) is 9.72. The van der Waals surface area contributed by atoms with Crippen molar-refractivity contribution in [1.82, 2.24) is 24.3 Å². The van der Waals surface area contributed by atoms with Crippen molar-refractivity contribution in [3.8, 4) is 11.3 Å². The largest absolute Gasteiger partial charge is 0.331 e. The Kier molecular flexibility index (Phi) is 6.17. The zero-order valence-electron chi connectivity index (χ0n) is 19.9. The number of likely N-dealkylation sites (tertiary alicyclic amines) is 2. The number of amides is 1. The van der Waals surface area contributed by atoms with Crippen molar-refractivity contribution in [2.75, 3.05) is 38.5 Å². The number of hydrogen-bond acceptors (Lipinski definition) is 5. The Bertz CT molecular complexity index is 1140. The van der Waals surface area contributed by atoms with E-state index in [1.54, 1.807) is 0 Å². The van der Waals surface area contributed by atoms with E-state index in [1.807, 2.05) is 32.4 Å². The molecule has 2 aliphatic heterocycles. The molecule has 0 radical (unpaired) electrons. The average molecular weight is 447 g/mol. The van der Waals surface area contributed by atoms with Crippen LogP contribution in [0.2, 0.25) is 0 Å². The van der Waals surface area contributed by atoms with E-state index in [2.05, 4.69) is 54.9 Å². The third-order valence-corrected chi connectivity index (χ3v) is 7.59. The van der Waals surface area contributed by atoms with Crippen LogP contribution >= 0.6 is 0 Å². The second-order valence-corrected chi connectivity index (χ2v) is 9.72. The number of piperidine rings is 2. The number of nitrogens with one attached hydrogen (secondary N) is 1. The van der Waals surface area contributed by atoms with Gasteiger partial charge in [0.05, 0.1) is 11.9 Å². The van der Waals surface area contributed by atoms with Gasteiger partial charge in [0.25, 0.3) is 0 Å². The highest BCUT2D eigenvalue weighted by atomic mass is 16.1. The molecule has 1 amide bonds. The van der Waals surface area contributed by atoms with Gasteiger partial charge in [-0.25, -0.2) is 9.97 Å². The van der Waals surface area contributed by atoms with Crippen molar-refractivity contribution >= 4 is 22.5 Å². The molecule has 0 atom stereocenters. The molecule has 2 aliphatic rings. The number of imidazole rings is 1. The molecular formula is C26H34N6O. The van der Waals surface area contributed by atoms with Crippen LogP contribution in [0.25, 0.3) is 22.0 Å². The van der Waals surface area contributed by atoms with Crippen molar-refractivity contribution in [3.63, 3.8) is 0 Å². The fourth-order valence-corrected chi connectivity index (χ4v) is 5.25. The monoisotopic (exact) mass is 446 g/mol. The summed E-state index contributed by atoms with van der Waals surface area (Å²) in [5.41, 5.74) is 2.18. The SMILES string of the molecule is Cc1ncc(-c2ccc3cnc(NC(=O)C4CCN(C5CCN(C)CC5)CC4)cc3c2)n1C. The number of carbonyl (C=O) groups excluding carboxylic acids is 1. The van der Waals surface area contributed by atoms with E-state index in [-0.39, 0.29) is 11.8 Å². The molecule has 2 saturated heterocycles. The summed E-state index contributed by atoms with van der Waals surface area (Å²) < 4.78 is 2.09. The maximum atomic E-state index is 13.0. The summed E-state index contributed by atoms with van der Waals surface area (Å²) in [5, 5.41) is 5.21. The number of aryl methyl sites for hydroxylation is 1. The lowest BCUT2D eigenvalue weighted by Crippen LogP contribution is -2.48. The first kappa shape index (κ1) is 22.0. The predicted molar refractivity (Wildman–Crippen MR) is 132 cm³/mol. The molecule has 0 aliphatic carbocycles. The molecule has 2 fully saturated rings. The summed E-state index contributed by atoms with van der Waals surface area (Å²) in [6.45, 7) is 6.40. The summed E-state index contributed by atoms with van der Waals surface area (Å²) in [5.74, 6) is 1.77. The Labute approximate surface area is 195 Å². The average Bonchev–Trinajstić information content (AvgIpc) is 3.17. The molecule has 0 unspecified atom stereocenters. The zero-order valence-corrected chi connectivity index (χ0v) is 19.9. The lowest BCUT2D eigenvalue weighted by atomic mass is 9.93. The minimum atomic E-state index is 0.0637. The molecule has 3 aromatic rings. The minimum Gasteiger partial charge on any atom is -0.331 e. The zero-order chi connectivity index (χ0) is 22.9. The Morgan fingerprint density at radius 1 is 0.939 bits per heavy atom. The van der Waals surface area contributed by atoms with Crippen LogP contribution in [-0.2, 0) is 11.8 Å². The number of benzene rings is 1. The van der Waals surface area contributed by atoms with Gasteiger partial charge in [-0.2, -0.15) is 0 Å². The van der Waals surface area contributed by atoms with Crippen molar-refractivity contribution in [2.45, 2.75) is 38.6 Å². The highest BCUT2D eigenvalue weighted by Gasteiger charge is 2.30. The van der Waals surface area contributed by atoms with Gasteiger partial charge in [0, 0.05) is 36.2 Å². The van der Waals surface area contributed by atoms with Gasteiger partial charge in [0.1, 0.15) is 11.6 Å². The third-order valence-electron chi connectivity index (χ3n) is 7.59. The predicted octanol–water partition coefficient (Wildman–Crippen LogP) is 3.69. The van der Waals surface area contributed by atoms with Crippen LogP contribution in [-0.4, -0.2) is 69.5 Å². The number of anilines is 1. The second kappa shape index (κ2) is 9.23. The summed E-state index contributed by atoms with van der Waals surface area (Å²) >= 11 is 0. The van der Waals surface area contributed by atoms with Gasteiger partial charge < -0.3 is 19.7 Å². The standard InChI is InChI=1S/C26H34N6O/c1-18-27-17-24(31(18)3)20-4-5-21-16-28-25(15-22(21)14-20)29-26(33)19-6-12-32(13-7-19)23-8-10-30(2)11-9-23/h4-5,14-17,19,23H,6-13H2,1-3H3,(H,28,29,33). The molecule has 7 nitrogen and oxygen atoms in total. The van der Waals surface area contributed by atoms with Crippen LogP contribution in [0.5, 0.6) is 0 Å². The Hall–Kier alpha value is -2.77. The lowest BCUT2D eigenvalue weighted by molar-refractivity contribution is -0.121.